The first kappa shape index (κ1) is 13.9. The van der Waals surface area contributed by atoms with E-state index in [4.69, 9.17) is 5.11 Å². The number of nitrogens with one attached hydrogen (secondary N) is 1. The highest BCUT2D eigenvalue weighted by Gasteiger charge is 2.13. The molecular weight excluding hydrogens is 244 g/mol. The number of aryl methyl sites for hydroxylation is 1. The van der Waals surface area contributed by atoms with Crippen molar-refractivity contribution in [3.05, 3.63) is 11.9 Å². The van der Waals surface area contributed by atoms with Crippen molar-refractivity contribution in [2.24, 2.45) is 0 Å². The van der Waals surface area contributed by atoms with E-state index in [9.17, 15) is 4.79 Å². The van der Waals surface area contributed by atoms with Crippen LogP contribution in [0.1, 0.15) is 36.2 Å². The smallest absolute Gasteiger partial charge is 0.358 e. The van der Waals surface area contributed by atoms with Crippen molar-refractivity contribution < 1.29 is 9.90 Å². The van der Waals surface area contributed by atoms with Gasteiger partial charge < -0.3 is 10.4 Å². The summed E-state index contributed by atoms with van der Waals surface area (Å²) in [6.45, 7) is 1.81. The second kappa shape index (κ2) is 6.56. The minimum absolute atomic E-state index is 0. The number of halogens is 1. The van der Waals surface area contributed by atoms with Crippen LogP contribution < -0.4 is 5.32 Å². The molecule has 0 amide bonds. The lowest BCUT2D eigenvalue weighted by atomic mass is 10.0. The maximum atomic E-state index is 10.6. The Labute approximate surface area is 106 Å². The van der Waals surface area contributed by atoms with Gasteiger partial charge in [-0.25, -0.2) is 4.79 Å². The first-order valence-corrected chi connectivity index (χ1v) is 5.62. The summed E-state index contributed by atoms with van der Waals surface area (Å²) in [6, 6.07) is 0.534. The van der Waals surface area contributed by atoms with Crippen LogP contribution >= 0.6 is 12.4 Å². The van der Waals surface area contributed by atoms with E-state index in [0.717, 1.165) is 19.5 Å². The molecule has 0 saturated carbocycles. The zero-order valence-corrected chi connectivity index (χ0v) is 10.3. The number of carbonyl (C=O) groups is 1. The van der Waals surface area contributed by atoms with Crippen LogP contribution in [0.5, 0.6) is 0 Å². The van der Waals surface area contributed by atoms with Crippen molar-refractivity contribution >= 4 is 18.4 Å². The molecule has 7 heteroatoms. The van der Waals surface area contributed by atoms with Gasteiger partial charge >= 0.3 is 5.97 Å². The van der Waals surface area contributed by atoms with E-state index in [1.54, 1.807) is 4.68 Å². The lowest BCUT2D eigenvalue weighted by molar-refractivity contribution is 0.0690. The number of hydrogen-bond donors (Lipinski definition) is 2. The molecule has 2 heterocycles. The zero-order valence-electron chi connectivity index (χ0n) is 9.50. The van der Waals surface area contributed by atoms with Crippen LogP contribution in [0.25, 0.3) is 0 Å². The number of carboxylic acid groups (broad SMARTS) is 1. The number of aromatic nitrogens is 3. The Balaban J connectivity index is 0.00000144. The van der Waals surface area contributed by atoms with Crippen LogP contribution in [-0.2, 0) is 6.54 Å². The van der Waals surface area contributed by atoms with Gasteiger partial charge in [-0.2, -0.15) is 0 Å². The van der Waals surface area contributed by atoms with Gasteiger partial charge in [-0.1, -0.05) is 11.6 Å². The number of nitrogens with zero attached hydrogens (tertiary/aromatic N) is 3. The fraction of sp³-hybridized carbons (Fsp3) is 0.700. The molecule has 1 unspecified atom stereocenters. The second-order valence-electron chi connectivity index (χ2n) is 4.11. The lowest BCUT2D eigenvalue weighted by Crippen LogP contribution is -2.34. The summed E-state index contributed by atoms with van der Waals surface area (Å²) in [5.41, 5.74) is 0.0107. The van der Waals surface area contributed by atoms with Gasteiger partial charge in [0.1, 0.15) is 0 Å². The van der Waals surface area contributed by atoms with Crippen LogP contribution in [-0.4, -0.2) is 38.7 Å². The molecule has 0 bridgehead atoms. The molecule has 2 N–H and O–H groups in total. The highest BCUT2D eigenvalue weighted by molar-refractivity contribution is 5.85. The van der Waals surface area contributed by atoms with Gasteiger partial charge in [-0.15, -0.1) is 17.5 Å². The van der Waals surface area contributed by atoms with Gasteiger partial charge in [0, 0.05) is 12.6 Å². The van der Waals surface area contributed by atoms with Crippen LogP contribution in [0.3, 0.4) is 0 Å². The minimum atomic E-state index is -1.03. The number of hydrogen-bond acceptors (Lipinski definition) is 4. The molecule has 6 nitrogen and oxygen atoms in total. The molecular formula is C10H17ClN4O2. The fourth-order valence-corrected chi connectivity index (χ4v) is 1.96. The molecule has 0 spiro atoms. The molecule has 1 fully saturated rings. The summed E-state index contributed by atoms with van der Waals surface area (Å²) >= 11 is 0. The van der Waals surface area contributed by atoms with E-state index in [1.807, 2.05) is 0 Å². The molecule has 1 saturated heterocycles. The Morgan fingerprint density at radius 2 is 2.41 bits per heavy atom. The largest absolute Gasteiger partial charge is 0.476 e. The minimum Gasteiger partial charge on any atom is -0.476 e. The van der Waals surface area contributed by atoms with Crippen molar-refractivity contribution in [1.29, 1.82) is 0 Å². The van der Waals surface area contributed by atoms with Gasteiger partial charge in [0.25, 0.3) is 0 Å². The molecule has 1 atom stereocenters. The third-order valence-corrected chi connectivity index (χ3v) is 2.88. The summed E-state index contributed by atoms with van der Waals surface area (Å²) < 4.78 is 1.60. The van der Waals surface area contributed by atoms with Crippen molar-refractivity contribution in [3.63, 3.8) is 0 Å². The third-order valence-electron chi connectivity index (χ3n) is 2.88. The van der Waals surface area contributed by atoms with Crippen LogP contribution in [0, 0.1) is 0 Å². The molecule has 1 aromatic rings. The molecule has 0 radical (unpaired) electrons. The molecule has 1 aliphatic heterocycles. The van der Waals surface area contributed by atoms with Gasteiger partial charge in [-0.3, -0.25) is 4.68 Å². The first-order valence-electron chi connectivity index (χ1n) is 5.62. The molecule has 96 valence electrons. The summed E-state index contributed by atoms with van der Waals surface area (Å²) in [5.74, 6) is -1.03. The fourth-order valence-electron chi connectivity index (χ4n) is 1.96. The number of rotatable bonds is 4. The summed E-state index contributed by atoms with van der Waals surface area (Å²) in [5, 5.41) is 19.5. The Hall–Kier alpha value is -1.14. The average molecular weight is 261 g/mol. The number of piperidine rings is 1. The normalized spacial score (nSPS) is 19.6. The first-order chi connectivity index (χ1) is 7.75. The maximum Gasteiger partial charge on any atom is 0.358 e. The van der Waals surface area contributed by atoms with Crippen molar-refractivity contribution in [3.8, 4) is 0 Å². The second-order valence-corrected chi connectivity index (χ2v) is 4.11. The Kier molecular flexibility index (Phi) is 5.37. The molecule has 17 heavy (non-hydrogen) atoms. The number of aromatic carboxylic acids is 1. The van der Waals surface area contributed by atoms with Gasteiger partial charge in [-0.05, 0) is 25.8 Å². The maximum absolute atomic E-state index is 10.6. The molecule has 1 aromatic heterocycles. The standard InChI is InChI=1S/C10H16N4O2.ClH/c15-10(16)9-7-14(13-12-9)6-4-8-3-1-2-5-11-8;/h7-8,11H,1-6H2,(H,15,16);1H. The molecule has 2 rings (SSSR count). The highest BCUT2D eigenvalue weighted by Crippen LogP contribution is 2.10. The van der Waals surface area contributed by atoms with E-state index in [0.29, 0.717) is 6.04 Å². The van der Waals surface area contributed by atoms with Crippen molar-refractivity contribution in [1.82, 2.24) is 20.3 Å². The topological polar surface area (TPSA) is 80.0 Å². The Bertz CT molecular complexity index is 363. The zero-order chi connectivity index (χ0) is 11.4. The third kappa shape index (κ3) is 3.98. The van der Waals surface area contributed by atoms with Crippen molar-refractivity contribution in [2.75, 3.05) is 6.54 Å². The van der Waals surface area contributed by atoms with Crippen LogP contribution in [0.4, 0.5) is 0 Å². The average Bonchev–Trinajstić information content (AvgIpc) is 2.76. The quantitative estimate of drug-likeness (QED) is 0.842. The molecule has 0 aliphatic carbocycles. The van der Waals surface area contributed by atoms with E-state index in [1.165, 1.54) is 25.5 Å². The molecule has 0 aromatic carbocycles. The van der Waals surface area contributed by atoms with Crippen LogP contribution in [0.15, 0.2) is 6.20 Å². The lowest BCUT2D eigenvalue weighted by Gasteiger charge is -2.23. The summed E-state index contributed by atoms with van der Waals surface area (Å²) in [6.07, 6.45) is 6.17. The van der Waals surface area contributed by atoms with E-state index in [2.05, 4.69) is 15.6 Å². The van der Waals surface area contributed by atoms with Gasteiger partial charge in [0.2, 0.25) is 0 Å². The van der Waals surface area contributed by atoms with Crippen molar-refractivity contribution in [2.45, 2.75) is 38.3 Å². The van der Waals surface area contributed by atoms with E-state index < -0.39 is 5.97 Å². The molecule has 1 aliphatic rings. The predicted octanol–water partition coefficient (Wildman–Crippen LogP) is 0.930. The highest BCUT2D eigenvalue weighted by atomic mass is 35.5. The monoisotopic (exact) mass is 260 g/mol. The predicted molar refractivity (Wildman–Crippen MR) is 64.5 cm³/mol. The summed E-state index contributed by atoms with van der Waals surface area (Å²) in [7, 11) is 0. The Morgan fingerprint density at radius 3 is 3.00 bits per heavy atom. The Morgan fingerprint density at radius 1 is 1.59 bits per heavy atom. The van der Waals surface area contributed by atoms with Gasteiger partial charge in [0.05, 0.1) is 6.20 Å². The van der Waals surface area contributed by atoms with Gasteiger partial charge in [0.15, 0.2) is 5.69 Å². The van der Waals surface area contributed by atoms with E-state index >= 15 is 0 Å². The SMILES string of the molecule is Cl.O=C(O)c1cn(CCC2CCCCN2)nn1. The van der Waals surface area contributed by atoms with Crippen LogP contribution in [0.2, 0.25) is 0 Å². The number of carboxylic acids is 1. The van der Waals surface area contributed by atoms with E-state index in [-0.39, 0.29) is 18.1 Å². The summed E-state index contributed by atoms with van der Waals surface area (Å²) in [4.78, 5) is 10.6.